The second-order valence-electron chi connectivity index (χ2n) is 6.00. The first-order valence-corrected chi connectivity index (χ1v) is 7.13. The molecule has 0 aliphatic carbocycles. The van der Waals surface area contributed by atoms with E-state index in [1.54, 1.807) is 0 Å². The van der Waals surface area contributed by atoms with Crippen molar-refractivity contribution in [3.8, 4) is 0 Å². The van der Waals surface area contributed by atoms with E-state index in [9.17, 15) is 0 Å². The SMILES string of the molecule is C=CCN(CC=C)CCC(NCCC)C(C)(C)C. The number of nitrogens with zero attached hydrogens (tertiary/aromatic N) is 1. The average Bonchev–Trinajstić information content (AvgIpc) is 2.27. The van der Waals surface area contributed by atoms with Crippen LogP contribution in [0.5, 0.6) is 0 Å². The first-order valence-electron chi connectivity index (χ1n) is 7.13. The van der Waals surface area contributed by atoms with E-state index in [1.165, 1.54) is 12.8 Å². The maximum absolute atomic E-state index is 3.82. The quantitative estimate of drug-likeness (QED) is 0.599. The standard InChI is InChI=1S/C16H32N2/c1-7-11-17-15(16(4,5)6)10-14-18(12-8-2)13-9-3/h8-9,15,17H,2-3,7,10-14H2,1,4-6H3. The molecule has 1 atom stereocenters. The van der Waals surface area contributed by atoms with Gasteiger partial charge < -0.3 is 5.32 Å². The summed E-state index contributed by atoms with van der Waals surface area (Å²) in [5, 5.41) is 3.67. The molecule has 2 heteroatoms. The van der Waals surface area contributed by atoms with Gasteiger partial charge >= 0.3 is 0 Å². The van der Waals surface area contributed by atoms with Crippen LogP contribution in [0.1, 0.15) is 40.5 Å². The van der Waals surface area contributed by atoms with E-state index in [0.717, 1.165) is 26.2 Å². The maximum atomic E-state index is 3.82. The molecule has 0 aromatic carbocycles. The van der Waals surface area contributed by atoms with Crippen LogP contribution in [0.15, 0.2) is 25.3 Å². The summed E-state index contributed by atoms with van der Waals surface area (Å²) in [4.78, 5) is 2.38. The topological polar surface area (TPSA) is 15.3 Å². The molecule has 0 rings (SSSR count). The van der Waals surface area contributed by atoms with Gasteiger partial charge in [-0.2, -0.15) is 0 Å². The van der Waals surface area contributed by atoms with Gasteiger partial charge in [0, 0.05) is 25.7 Å². The largest absolute Gasteiger partial charge is 0.313 e. The average molecular weight is 252 g/mol. The number of hydrogen-bond acceptors (Lipinski definition) is 2. The monoisotopic (exact) mass is 252 g/mol. The molecule has 0 aliphatic rings. The van der Waals surface area contributed by atoms with E-state index in [0.29, 0.717) is 11.5 Å². The van der Waals surface area contributed by atoms with Gasteiger partial charge in [0.1, 0.15) is 0 Å². The zero-order valence-corrected chi connectivity index (χ0v) is 12.8. The van der Waals surface area contributed by atoms with Crippen molar-refractivity contribution in [2.24, 2.45) is 5.41 Å². The molecule has 0 spiro atoms. The van der Waals surface area contributed by atoms with E-state index in [1.807, 2.05) is 12.2 Å². The molecule has 0 saturated carbocycles. The van der Waals surface area contributed by atoms with Crippen LogP contribution in [-0.2, 0) is 0 Å². The van der Waals surface area contributed by atoms with E-state index < -0.39 is 0 Å². The molecule has 0 fully saturated rings. The Morgan fingerprint density at radius 1 is 1.17 bits per heavy atom. The molecule has 1 N–H and O–H groups in total. The third-order valence-corrected chi connectivity index (χ3v) is 3.19. The Kier molecular flexibility index (Phi) is 9.03. The molecule has 0 radical (unpaired) electrons. The van der Waals surface area contributed by atoms with Gasteiger partial charge in [0.25, 0.3) is 0 Å². The van der Waals surface area contributed by atoms with Crippen LogP contribution < -0.4 is 5.32 Å². The lowest BCUT2D eigenvalue weighted by atomic mass is 9.84. The van der Waals surface area contributed by atoms with E-state index >= 15 is 0 Å². The van der Waals surface area contributed by atoms with Crippen molar-refractivity contribution < 1.29 is 0 Å². The Morgan fingerprint density at radius 2 is 1.72 bits per heavy atom. The predicted molar refractivity (Wildman–Crippen MR) is 83.0 cm³/mol. The Bertz CT molecular complexity index is 218. The lowest BCUT2D eigenvalue weighted by Gasteiger charge is -2.33. The summed E-state index contributed by atoms with van der Waals surface area (Å²) in [5.41, 5.74) is 0.309. The summed E-state index contributed by atoms with van der Waals surface area (Å²) in [5.74, 6) is 0. The van der Waals surface area contributed by atoms with Crippen molar-refractivity contribution in [1.82, 2.24) is 10.2 Å². The molecular weight excluding hydrogens is 220 g/mol. The number of rotatable bonds is 10. The van der Waals surface area contributed by atoms with Crippen LogP contribution in [0.3, 0.4) is 0 Å². The van der Waals surface area contributed by atoms with Gasteiger partial charge in [0.05, 0.1) is 0 Å². The Morgan fingerprint density at radius 3 is 2.11 bits per heavy atom. The van der Waals surface area contributed by atoms with Gasteiger partial charge in [-0.1, -0.05) is 39.8 Å². The van der Waals surface area contributed by atoms with Gasteiger partial charge in [0.2, 0.25) is 0 Å². The van der Waals surface area contributed by atoms with Crippen LogP contribution in [-0.4, -0.2) is 37.1 Å². The summed E-state index contributed by atoms with van der Waals surface area (Å²) < 4.78 is 0. The minimum Gasteiger partial charge on any atom is -0.313 e. The molecule has 0 saturated heterocycles. The smallest absolute Gasteiger partial charge is 0.0163 e. The molecule has 106 valence electrons. The summed E-state index contributed by atoms with van der Waals surface area (Å²) in [6, 6.07) is 0.564. The van der Waals surface area contributed by atoms with Crippen molar-refractivity contribution in [3.63, 3.8) is 0 Å². The van der Waals surface area contributed by atoms with Gasteiger partial charge in [-0.15, -0.1) is 13.2 Å². The first-order chi connectivity index (χ1) is 8.45. The molecule has 0 aliphatic heterocycles. The van der Waals surface area contributed by atoms with Gasteiger partial charge in [0.15, 0.2) is 0 Å². The predicted octanol–water partition coefficient (Wildman–Crippen LogP) is 3.46. The van der Waals surface area contributed by atoms with Gasteiger partial charge in [-0.05, 0) is 24.8 Å². The van der Waals surface area contributed by atoms with Crippen molar-refractivity contribution in [3.05, 3.63) is 25.3 Å². The molecule has 0 bridgehead atoms. The van der Waals surface area contributed by atoms with Crippen molar-refractivity contribution in [1.29, 1.82) is 0 Å². The molecular formula is C16H32N2. The van der Waals surface area contributed by atoms with Crippen LogP contribution in [0.25, 0.3) is 0 Å². The minimum atomic E-state index is 0.309. The van der Waals surface area contributed by atoms with E-state index in [4.69, 9.17) is 0 Å². The minimum absolute atomic E-state index is 0.309. The molecule has 18 heavy (non-hydrogen) atoms. The van der Waals surface area contributed by atoms with E-state index in [-0.39, 0.29) is 0 Å². The summed E-state index contributed by atoms with van der Waals surface area (Å²) in [6.45, 7) is 20.9. The lowest BCUT2D eigenvalue weighted by molar-refractivity contribution is 0.221. The zero-order valence-electron chi connectivity index (χ0n) is 12.8. The normalized spacial score (nSPS) is 13.6. The summed E-state index contributed by atoms with van der Waals surface area (Å²) >= 11 is 0. The number of hydrogen-bond donors (Lipinski definition) is 1. The third kappa shape index (κ3) is 7.67. The maximum Gasteiger partial charge on any atom is 0.0163 e. The lowest BCUT2D eigenvalue weighted by Crippen LogP contribution is -2.43. The fourth-order valence-electron chi connectivity index (χ4n) is 2.09. The van der Waals surface area contributed by atoms with Crippen molar-refractivity contribution in [2.45, 2.75) is 46.6 Å². The van der Waals surface area contributed by atoms with Crippen LogP contribution in [0.2, 0.25) is 0 Å². The van der Waals surface area contributed by atoms with Crippen LogP contribution >= 0.6 is 0 Å². The number of nitrogens with one attached hydrogen (secondary N) is 1. The molecule has 2 nitrogen and oxygen atoms in total. The summed E-state index contributed by atoms with van der Waals surface area (Å²) in [6.07, 6.45) is 6.30. The van der Waals surface area contributed by atoms with E-state index in [2.05, 4.69) is 51.1 Å². The highest BCUT2D eigenvalue weighted by Crippen LogP contribution is 2.22. The molecule has 1 unspecified atom stereocenters. The highest BCUT2D eigenvalue weighted by atomic mass is 15.1. The summed E-state index contributed by atoms with van der Waals surface area (Å²) in [7, 11) is 0. The highest BCUT2D eigenvalue weighted by Gasteiger charge is 2.23. The molecule has 0 heterocycles. The van der Waals surface area contributed by atoms with Crippen molar-refractivity contribution >= 4 is 0 Å². The first kappa shape index (κ1) is 17.4. The highest BCUT2D eigenvalue weighted by molar-refractivity contribution is 4.84. The molecule has 0 aromatic rings. The second kappa shape index (κ2) is 9.35. The Hall–Kier alpha value is -0.600. The second-order valence-corrected chi connectivity index (χ2v) is 6.00. The van der Waals surface area contributed by atoms with Crippen LogP contribution in [0.4, 0.5) is 0 Å². The third-order valence-electron chi connectivity index (χ3n) is 3.19. The van der Waals surface area contributed by atoms with Crippen LogP contribution in [0, 0.1) is 5.41 Å². The van der Waals surface area contributed by atoms with Gasteiger partial charge in [-0.25, -0.2) is 0 Å². The Labute approximate surface area is 114 Å². The molecule has 0 aromatic heterocycles. The fraction of sp³-hybridized carbons (Fsp3) is 0.750. The molecule has 0 amide bonds. The van der Waals surface area contributed by atoms with Gasteiger partial charge in [-0.3, -0.25) is 4.90 Å². The Balaban J connectivity index is 4.29. The fourth-order valence-corrected chi connectivity index (χ4v) is 2.09. The zero-order chi connectivity index (χ0) is 14.0. The van der Waals surface area contributed by atoms with Crippen molar-refractivity contribution in [2.75, 3.05) is 26.2 Å².